The van der Waals surface area contributed by atoms with Crippen molar-refractivity contribution in [2.24, 2.45) is 7.05 Å². The van der Waals surface area contributed by atoms with Crippen LogP contribution in [0.4, 0.5) is 5.69 Å². The summed E-state index contributed by atoms with van der Waals surface area (Å²) < 4.78 is 1.67. The Bertz CT molecular complexity index is 967. The number of hydrogen-bond acceptors (Lipinski definition) is 4. The van der Waals surface area contributed by atoms with E-state index in [1.165, 1.54) is 11.8 Å². The summed E-state index contributed by atoms with van der Waals surface area (Å²) in [6, 6.07) is 12.0. The van der Waals surface area contributed by atoms with Crippen LogP contribution in [0.25, 0.3) is 0 Å². The van der Waals surface area contributed by atoms with Crippen LogP contribution in [-0.2, 0) is 7.05 Å². The molecule has 1 amide bonds. The normalized spacial score (nSPS) is 10.6. The van der Waals surface area contributed by atoms with Gasteiger partial charge in [-0.3, -0.25) is 9.59 Å². The molecule has 1 heterocycles. The van der Waals surface area contributed by atoms with Gasteiger partial charge in [0.15, 0.2) is 5.82 Å². The Hall–Kier alpha value is -2.57. The van der Waals surface area contributed by atoms with Gasteiger partial charge in [-0.1, -0.05) is 11.6 Å². The van der Waals surface area contributed by atoms with Gasteiger partial charge in [0, 0.05) is 35.6 Å². The Morgan fingerprint density at radius 2 is 1.88 bits per heavy atom. The molecule has 3 rings (SSSR count). The lowest BCUT2D eigenvalue weighted by Gasteiger charge is -2.09. The van der Waals surface area contributed by atoms with Crippen molar-refractivity contribution < 1.29 is 9.59 Å². The number of aryl methyl sites for hydroxylation is 1. The van der Waals surface area contributed by atoms with Gasteiger partial charge in [-0.25, -0.2) is 4.98 Å². The van der Waals surface area contributed by atoms with E-state index in [2.05, 4.69) is 10.3 Å². The topological polar surface area (TPSA) is 64.0 Å². The molecule has 26 heavy (non-hydrogen) atoms. The number of thioether (sulfide) groups is 1. The standard InChI is InChI=1S/C19H16ClN3O2S/c1-23-10-9-21-18(23)17(24)12-3-5-13(6-4-12)22-19(25)15-11-14(26-2)7-8-16(15)20/h3-11H,1-2H3,(H,22,25). The zero-order valence-electron chi connectivity index (χ0n) is 14.2. The van der Waals surface area contributed by atoms with Crippen LogP contribution in [-0.4, -0.2) is 27.5 Å². The predicted octanol–water partition coefficient (Wildman–Crippen LogP) is 4.28. The van der Waals surface area contributed by atoms with Crippen LogP contribution in [0, 0.1) is 0 Å². The molecule has 0 saturated carbocycles. The van der Waals surface area contributed by atoms with Crippen LogP contribution in [0.5, 0.6) is 0 Å². The number of amides is 1. The van der Waals surface area contributed by atoms with E-state index in [9.17, 15) is 9.59 Å². The first kappa shape index (κ1) is 18.2. The molecule has 0 aliphatic heterocycles. The minimum Gasteiger partial charge on any atom is -0.331 e. The fourth-order valence-electron chi connectivity index (χ4n) is 2.42. The maximum absolute atomic E-state index is 12.5. The van der Waals surface area contributed by atoms with Crippen molar-refractivity contribution in [1.29, 1.82) is 0 Å². The molecular weight excluding hydrogens is 370 g/mol. The first-order valence-electron chi connectivity index (χ1n) is 7.76. The first-order chi connectivity index (χ1) is 12.5. The van der Waals surface area contributed by atoms with Gasteiger partial charge in [0.05, 0.1) is 10.6 Å². The lowest BCUT2D eigenvalue weighted by molar-refractivity contribution is 0.102. The molecule has 0 aliphatic carbocycles. The Morgan fingerprint density at radius 1 is 1.15 bits per heavy atom. The monoisotopic (exact) mass is 385 g/mol. The van der Waals surface area contributed by atoms with Crippen molar-refractivity contribution >= 4 is 40.7 Å². The van der Waals surface area contributed by atoms with Gasteiger partial charge in [-0.15, -0.1) is 11.8 Å². The second-order valence-electron chi connectivity index (χ2n) is 5.57. The number of nitrogens with zero attached hydrogens (tertiary/aromatic N) is 2. The molecule has 1 aromatic heterocycles. The zero-order valence-corrected chi connectivity index (χ0v) is 15.8. The van der Waals surface area contributed by atoms with Crippen LogP contribution in [0.3, 0.4) is 0 Å². The number of hydrogen-bond donors (Lipinski definition) is 1. The Morgan fingerprint density at radius 3 is 2.50 bits per heavy atom. The first-order valence-corrected chi connectivity index (χ1v) is 9.37. The van der Waals surface area contributed by atoms with Crippen LogP contribution < -0.4 is 5.32 Å². The van der Waals surface area contributed by atoms with E-state index in [-0.39, 0.29) is 11.7 Å². The lowest BCUT2D eigenvalue weighted by atomic mass is 10.1. The quantitative estimate of drug-likeness (QED) is 0.526. The highest BCUT2D eigenvalue weighted by molar-refractivity contribution is 7.98. The molecule has 0 aliphatic rings. The smallest absolute Gasteiger partial charge is 0.257 e. The van der Waals surface area contributed by atoms with Gasteiger partial charge in [0.1, 0.15) is 0 Å². The summed E-state index contributed by atoms with van der Waals surface area (Å²) >= 11 is 7.67. The van der Waals surface area contributed by atoms with E-state index in [1.807, 2.05) is 12.3 Å². The van der Waals surface area contributed by atoms with Crippen LogP contribution in [0.1, 0.15) is 26.5 Å². The predicted molar refractivity (Wildman–Crippen MR) is 104 cm³/mol. The zero-order chi connectivity index (χ0) is 18.7. The molecule has 0 fully saturated rings. The minimum absolute atomic E-state index is 0.175. The van der Waals surface area contributed by atoms with Crippen molar-refractivity contribution in [2.75, 3.05) is 11.6 Å². The molecule has 0 spiro atoms. The molecule has 0 saturated heterocycles. The molecule has 5 nitrogen and oxygen atoms in total. The average Bonchev–Trinajstić information content (AvgIpc) is 3.08. The van der Waals surface area contributed by atoms with Gasteiger partial charge in [0.25, 0.3) is 5.91 Å². The molecule has 0 radical (unpaired) electrons. The van der Waals surface area contributed by atoms with Crippen LogP contribution >= 0.6 is 23.4 Å². The van der Waals surface area contributed by atoms with Crippen molar-refractivity contribution in [3.8, 4) is 0 Å². The molecule has 3 aromatic rings. The number of benzene rings is 2. The van der Waals surface area contributed by atoms with Gasteiger partial charge < -0.3 is 9.88 Å². The van der Waals surface area contributed by atoms with E-state index >= 15 is 0 Å². The Kier molecular flexibility index (Phi) is 5.44. The number of aromatic nitrogens is 2. The summed E-state index contributed by atoms with van der Waals surface area (Å²) in [6.07, 6.45) is 5.23. The van der Waals surface area contributed by atoms with E-state index in [0.717, 1.165) is 4.90 Å². The van der Waals surface area contributed by atoms with Crippen molar-refractivity contribution in [3.05, 3.63) is 76.8 Å². The summed E-state index contributed by atoms with van der Waals surface area (Å²) in [6.45, 7) is 0. The van der Waals surface area contributed by atoms with Crippen molar-refractivity contribution in [2.45, 2.75) is 4.90 Å². The maximum Gasteiger partial charge on any atom is 0.257 e. The number of ketones is 1. The molecule has 0 bridgehead atoms. The number of rotatable bonds is 5. The van der Waals surface area contributed by atoms with E-state index in [4.69, 9.17) is 11.6 Å². The summed E-state index contributed by atoms with van der Waals surface area (Å²) in [4.78, 5) is 29.9. The SMILES string of the molecule is CSc1ccc(Cl)c(C(=O)Nc2ccc(C(=O)c3nccn3C)cc2)c1. The number of imidazole rings is 1. The minimum atomic E-state index is -0.297. The number of nitrogens with one attached hydrogen (secondary N) is 1. The summed E-state index contributed by atoms with van der Waals surface area (Å²) in [5.74, 6) is -0.109. The second-order valence-corrected chi connectivity index (χ2v) is 6.85. The third-order valence-electron chi connectivity index (χ3n) is 3.85. The highest BCUT2D eigenvalue weighted by Crippen LogP contribution is 2.24. The third kappa shape index (κ3) is 3.81. The van der Waals surface area contributed by atoms with Crippen LogP contribution in [0.15, 0.2) is 59.8 Å². The van der Waals surface area contributed by atoms with Crippen LogP contribution in [0.2, 0.25) is 5.02 Å². The molecule has 2 aromatic carbocycles. The van der Waals surface area contributed by atoms with Gasteiger partial charge in [-0.05, 0) is 48.7 Å². The van der Waals surface area contributed by atoms with Crippen molar-refractivity contribution in [3.63, 3.8) is 0 Å². The fourth-order valence-corrected chi connectivity index (χ4v) is 3.07. The average molecular weight is 386 g/mol. The van der Waals surface area contributed by atoms with Gasteiger partial charge in [0.2, 0.25) is 5.78 Å². The number of carbonyl (C=O) groups excluding carboxylic acids is 2. The van der Waals surface area contributed by atoms with E-state index in [1.54, 1.807) is 60.4 Å². The van der Waals surface area contributed by atoms with E-state index < -0.39 is 0 Å². The second kappa shape index (κ2) is 7.76. The molecule has 1 N–H and O–H groups in total. The van der Waals surface area contributed by atoms with E-state index in [0.29, 0.717) is 27.7 Å². The molecule has 132 valence electrons. The fraction of sp³-hybridized carbons (Fsp3) is 0.105. The molecule has 7 heteroatoms. The third-order valence-corrected chi connectivity index (χ3v) is 4.90. The summed E-state index contributed by atoms with van der Waals surface area (Å²) in [5, 5.41) is 3.19. The van der Waals surface area contributed by atoms with Crippen molar-refractivity contribution in [1.82, 2.24) is 9.55 Å². The molecule has 0 atom stereocenters. The highest BCUT2D eigenvalue weighted by atomic mass is 35.5. The highest BCUT2D eigenvalue weighted by Gasteiger charge is 2.15. The Balaban J connectivity index is 1.76. The molecule has 0 unspecified atom stereocenters. The molecular formula is C19H16ClN3O2S. The maximum atomic E-state index is 12.5. The summed E-state index contributed by atoms with van der Waals surface area (Å²) in [5.41, 5.74) is 1.49. The number of halogens is 1. The Labute approximate surface area is 160 Å². The summed E-state index contributed by atoms with van der Waals surface area (Å²) in [7, 11) is 1.77. The number of carbonyl (C=O) groups is 2. The lowest BCUT2D eigenvalue weighted by Crippen LogP contribution is -2.13. The largest absolute Gasteiger partial charge is 0.331 e. The van der Waals surface area contributed by atoms with Gasteiger partial charge in [-0.2, -0.15) is 0 Å². The van der Waals surface area contributed by atoms with Gasteiger partial charge >= 0.3 is 0 Å². The number of anilines is 1.